The molecular weight excluding hydrogens is 190 g/mol. The zero-order chi connectivity index (χ0) is 11.0. The lowest BCUT2D eigenvalue weighted by atomic mass is 10.2. The van der Waals surface area contributed by atoms with Crippen molar-refractivity contribution < 1.29 is 0 Å². The number of aryl methyl sites for hydroxylation is 1. The molecule has 0 saturated carbocycles. The highest BCUT2D eigenvalue weighted by atomic mass is 16.1. The minimum atomic E-state index is -0.126. The zero-order valence-corrected chi connectivity index (χ0v) is 9.03. The van der Waals surface area contributed by atoms with Gasteiger partial charge in [-0.05, 0) is 25.1 Å². The van der Waals surface area contributed by atoms with Gasteiger partial charge in [0, 0.05) is 19.8 Å². The van der Waals surface area contributed by atoms with Crippen molar-refractivity contribution in [3.63, 3.8) is 0 Å². The number of nitrogens with one attached hydrogen (secondary N) is 1. The summed E-state index contributed by atoms with van der Waals surface area (Å²) in [6.45, 7) is 1.71. The topological polar surface area (TPSA) is 49.0 Å². The zero-order valence-electron chi connectivity index (χ0n) is 9.03. The molecule has 4 nitrogen and oxygen atoms in total. The number of fused-ring (bicyclic) bond motifs is 1. The molecule has 2 aromatic rings. The van der Waals surface area contributed by atoms with Gasteiger partial charge in [0.1, 0.15) is 5.69 Å². The number of rotatable bonds is 1. The van der Waals surface area contributed by atoms with Crippen LogP contribution in [0.2, 0.25) is 0 Å². The van der Waals surface area contributed by atoms with Crippen LogP contribution in [0.15, 0.2) is 23.0 Å². The van der Waals surface area contributed by atoms with Crippen molar-refractivity contribution in [2.45, 2.75) is 6.92 Å². The van der Waals surface area contributed by atoms with E-state index in [1.165, 1.54) is 0 Å². The number of aromatic amines is 1. The van der Waals surface area contributed by atoms with Crippen LogP contribution in [0.5, 0.6) is 0 Å². The van der Waals surface area contributed by atoms with Crippen LogP contribution in [0.4, 0.5) is 5.69 Å². The Morgan fingerprint density at radius 2 is 2.07 bits per heavy atom. The summed E-state index contributed by atoms with van der Waals surface area (Å²) in [6, 6.07) is 5.81. The van der Waals surface area contributed by atoms with Gasteiger partial charge in [-0.25, -0.2) is 4.98 Å². The van der Waals surface area contributed by atoms with E-state index in [2.05, 4.69) is 9.97 Å². The molecule has 78 valence electrons. The highest BCUT2D eigenvalue weighted by Gasteiger charge is 2.02. The summed E-state index contributed by atoms with van der Waals surface area (Å²) in [6.07, 6.45) is 0. The minimum absolute atomic E-state index is 0.126. The summed E-state index contributed by atoms with van der Waals surface area (Å²) in [7, 11) is 3.92. The van der Waals surface area contributed by atoms with E-state index in [-0.39, 0.29) is 5.56 Å². The molecule has 0 fully saturated rings. The molecule has 0 atom stereocenters. The molecular formula is C11H13N3O. The molecule has 4 heteroatoms. The monoisotopic (exact) mass is 203 g/mol. The van der Waals surface area contributed by atoms with E-state index < -0.39 is 0 Å². The number of H-pyrrole nitrogens is 1. The maximum atomic E-state index is 11.4. The summed E-state index contributed by atoms with van der Waals surface area (Å²) >= 11 is 0. The number of aromatic nitrogens is 2. The second kappa shape index (κ2) is 3.38. The molecule has 0 aliphatic rings. The van der Waals surface area contributed by atoms with Gasteiger partial charge in [0.2, 0.25) is 0 Å². The number of anilines is 1. The first kappa shape index (κ1) is 9.71. The summed E-state index contributed by atoms with van der Waals surface area (Å²) < 4.78 is 0. The molecule has 0 saturated heterocycles. The Balaban J connectivity index is 2.72. The summed E-state index contributed by atoms with van der Waals surface area (Å²) in [5.74, 6) is 0. The van der Waals surface area contributed by atoms with Crippen molar-refractivity contribution in [1.29, 1.82) is 0 Å². The lowest BCUT2D eigenvalue weighted by molar-refractivity contribution is 1.11. The van der Waals surface area contributed by atoms with E-state index in [0.29, 0.717) is 5.69 Å². The predicted octanol–water partition coefficient (Wildman–Crippen LogP) is 1.30. The molecule has 0 spiro atoms. The van der Waals surface area contributed by atoms with Crippen molar-refractivity contribution in [3.8, 4) is 0 Å². The smallest absolute Gasteiger partial charge is 0.269 e. The molecule has 0 unspecified atom stereocenters. The second-order valence-corrected chi connectivity index (χ2v) is 3.75. The summed E-state index contributed by atoms with van der Waals surface area (Å²) in [5, 5.41) is 0. The number of nitrogens with zero attached hydrogens (tertiary/aromatic N) is 2. The van der Waals surface area contributed by atoms with E-state index in [1.54, 1.807) is 6.92 Å². The number of benzene rings is 1. The Morgan fingerprint density at radius 3 is 2.73 bits per heavy atom. The van der Waals surface area contributed by atoms with Crippen molar-refractivity contribution in [2.75, 3.05) is 19.0 Å². The fourth-order valence-corrected chi connectivity index (χ4v) is 1.44. The van der Waals surface area contributed by atoms with E-state index >= 15 is 0 Å². The van der Waals surface area contributed by atoms with Gasteiger partial charge in [0.15, 0.2) is 0 Å². The van der Waals surface area contributed by atoms with Crippen molar-refractivity contribution in [3.05, 3.63) is 34.2 Å². The third kappa shape index (κ3) is 1.70. The van der Waals surface area contributed by atoms with E-state index in [0.717, 1.165) is 16.7 Å². The fraction of sp³-hybridized carbons (Fsp3) is 0.273. The van der Waals surface area contributed by atoms with Gasteiger partial charge in [-0.1, -0.05) is 0 Å². The average molecular weight is 203 g/mol. The van der Waals surface area contributed by atoms with Crippen molar-refractivity contribution in [1.82, 2.24) is 9.97 Å². The Morgan fingerprint density at radius 1 is 1.33 bits per heavy atom. The van der Waals surface area contributed by atoms with Crippen molar-refractivity contribution >= 4 is 16.7 Å². The van der Waals surface area contributed by atoms with Crippen molar-refractivity contribution in [2.24, 2.45) is 0 Å². The normalized spacial score (nSPS) is 10.6. The number of hydrogen-bond donors (Lipinski definition) is 1. The number of hydrogen-bond acceptors (Lipinski definition) is 3. The third-order valence-corrected chi connectivity index (χ3v) is 2.36. The first-order chi connectivity index (χ1) is 7.08. The SMILES string of the molecule is Cc1nc2ccc(N(C)C)cc2[nH]c1=O. The maximum Gasteiger partial charge on any atom is 0.269 e. The molecule has 1 N–H and O–H groups in total. The van der Waals surface area contributed by atoms with Crippen LogP contribution in [0.25, 0.3) is 11.0 Å². The molecule has 1 aromatic heterocycles. The van der Waals surface area contributed by atoms with E-state index in [9.17, 15) is 4.79 Å². The molecule has 0 amide bonds. The van der Waals surface area contributed by atoms with Crippen LogP contribution in [0, 0.1) is 6.92 Å². The molecule has 0 bridgehead atoms. The van der Waals surface area contributed by atoms with Crippen LogP contribution < -0.4 is 10.5 Å². The lowest BCUT2D eigenvalue weighted by Gasteiger charge is -2.12. The van der Waals surface area contributed by atoms with Gasteiger partial charge in [-0.2, -0.15) is 0 Å². The molecule has 0 radical (unpaired) electrons. The Hall–Kier alpha value is -1.84. The van der Waals surface area contributed by atoms with Crippen LogP contribution in [0.1, 0.15) is 5.69 Å². The molecule has 0 aliphatic carbocycles. The van der Waals surface area contributed by atoms with Gasteiger partial charge in [0.05, 0.1) is 11.0 Å². The van der Waals surface area contributed by atoms with Gasteiger partial charge in [-0.3, -0.25) is 4.79 Å². The second-order valence-electron chi connectivity index (χ2n) is 3.75. The predicted molar refractivity (Wildman–Crippen MR) is 61.4 cm³/mol. The minimum Gasteiger partial charge on any atom is -0.378 e. The maximum absolute atomic E-state index is 11.4. The van der Waals surface area contributed by atoms with Gasteiger partial charge in [-0.15, -0.1) is 0 Å². The van der Waals surface area contributed by atoms with Gasteiger partial charge < -0.3 is 9.88 Å². The third-order valence-electron chi connectivity index (χ3n) is 2.36. The highest BCUT2D eigenvalue weighted by Crippen LogP contribution is 2.16. The Bertz CT molecular complexity index is 557. The van der Waals surface area contributed by atoms with Crippen LogP contribution in [-0.4, -0.2) is 24.1 Å². The first-order valence-corrected chi connectivity index (χ1v) is 4.76. The molecule has 15 heavy (non-hydrogen) atoms. The molecule has 1 aromatic carbocycles. The van der Waals surface area contributed by atoms with Gasteiger partial charge >= 0.3 is 0 Å². The highest BCUT2D eigenvalue weighted by molar-refractivity contribution is 5.78. The first-order valence-electron chi connectivity index (χ1n) is 4.76. The van der Waals surface area contributed by atoms with Crippen LogP contribution in [-0.2, 0) is 0 Å². The summed E-state index contributed by atoms with van der Waals surface area (Å²) in [4.78, 5) is 20.4. The quantitative estimate of drug-likeness (QED) is 0.760. The lowest BCUT2D eigenvalue weighted by Crippen LogP contribution is -2.13. The molecule has 0 aliphatic heterocycles. The fourth-order valence-electron chi connectivity index (χ4n) is 1.44. The summed E-state index contributed by atoms with van der Waals surface area (Å²) in [5.41, 5.74) is 3.01. The largest absolute Gasteiger partial charge is 0.378 e. The molecule has 2 rings (SSSR count). The van der Waals surface area contributed by atoms with E-state index in [1.807, 2.05) is 37.2 Å². The standard InChI is InChI=1S/C11H13N3O/c1-7-11(15)13-10-6-8(14(2)3)4-5-9(10)12-7/h4-6H,1-3H3,(H,13,15). The van der Waals surface area contributed by atoms with Gasteiger partial charge in [0.25, 0.3) is 5.56 Å². The van der Waals surface area contributed by atoms with E-state index in [4.69, 9.17) is 0 Å². The average Bonchev–Trinajstić information content (AvgIpc) is 2.19. The molecule has 1 heterocycles. The Labute approximate surface area is 87.6 Å². The van der Waals surface area contributed by atoms with Crippen LogP contribution >= 0.6 is 0 Å². The van der Waals surface area contributed by atoms with Crippen LogP contribution in [0.3, 0.4) is 0 Å². The Kier molecular flexibility index (Phi) is 2.19.